The van der Waals surface area contributed by atoms with Crippen LogP contribution >= 0.6 is 0 Å². The topological polar surface area (TPSA) is 132 Å². The third-order valence-corrected chi connectivity index (χ3v) is 5.73. The number of phenols is 1. The third-order valence-electron chi connectivity index (χ3n) is 5.73. The fourth-order valence-corrected chi connectivity index (χ4v) is 4.01. The Morgan fingerprint density at radius 2 is 1.80 bits per heavy atom. The number of H-pyrrole nitrogens is 1. The lowest BCUT2D eigenvalue weighted by Crippen LogP contribution is -2.42. The number of carbonyl (C=O) groups excluding carboxylic acids is 2. The van der Waals surface area contributed by atoms with Gasteiger partial charge in [-0.2, -0.15) is 0 Å². The van der Waals surface area contributed by atoms with E-state index in [-0.39, 0.29) is 24.5 Å². The number of carbonyl (C=O) groups is 3. The number of nitrogens with one attached hydrogen (secondary N) is 3. The molecule has 0 saturated heterocycles. The molecule has 1 heterocycles. The first-order valence-electron chi connectivity index (χ1n) is 11.1. The second kappa shape index (κ2) is 10.1. The fourth-order valence-electron chi connectivity index (χ4n) is 4.01. The number of para-hydroxylation sites is 1. The Kier molecular flexibility index (Phi) is 6.82. The lowest BCUT2D eigenvalue weighted by atomic mass is 10.0. The highest BCUT2D eigenvalue weighted by molar-refractivity contribution is 5.99. The molecule has 8 nitrogen and oxygen atoms in total. The molecule has 0 radical (unpaired) electrons. The Hall–Kier alpha value is -4.59. The van der Waals surface area contributed by atoms with Crippen molar-refractivity contribution >= 4 is 34.4 Å². The van der Waals surface area contributed by atoms with Crippen LogP contribution in [0.2, 0.25) is 0 Å². The number of hydrogen-bond donors (Lipinski definition) is 5. The molecule has 5 N–H and O–H groups in total. The van der Waals surface area contributed by atoms with Gasteiger partial charge in [0.15, 0.2) is 0 Å². The number of carboxylic acids is 1. The van der Waals surface area contributed by atoms with Gasteiger partial charge in [-0.1, -0.05) is 30.3 Å². The Morgan fingerprint density at radius 3 is 2.54 bits per heavy atom. The number of aliphatic carboxylic acids is 1. The van der Waals surface area contributed by atoms with E-state index in [0.717, 1.165) is 16.5 Å². The normalized spacial score (nSPS) is 11.7. The van der Waals surface area contributed by atoms with Gasteiger partial charge in [0, 0.05) is 34.8 Å². The van der Waals surface area contributed by atoms with Crippen LogP contribution in [0.1, 0.15) is 27.0 Å². The molecule has 0 aliphatic carbocycles. The Bertz CT molecular complexity index is 1410. The molecule has 8 heteroatoms. The molecule has 1 aromatic heterocycles. The van der Waals surface area contributed by atoms with Gasteiger partial charge < -0.3 is 25.8 Å². The minimum Gasteiger partial charge on any atom is -0.508 e. The Morgan fingerprint density at radius 1 is 1.00 bits per heavy atom. The average Bonchev–Trinajstić information content (AvgIpc) is 3.21. The zero-order chi connectivity index (χ0) is 24.9. The van der Waals surface area contributed by atoms with E-state index in [9.17, 15) is 24.6 Å². The summed E-state index contributed by atoms with van der Waals surface area (Å²) in [6, 6.07) is 17.7. The lowest BCUT2D eigenvalue weighted by Gasteiger charge is -2.16. The first-order valence-corrected chi connectivity index (χ1v) is 11.1. The number of carboxylic acid groups (broad SMARTS) is 1. The minimum absolute atomic E-state index is 0.0871. The van der Waals surface area contributed by atoms with E-state index in [4.69, 9.17) is 0 Å². The van der Waals surface area contributed by atoms with Crippen LogP contribution in [0.15, 0.2) is 72.9 Å². The number of aromatic amines is 1. The molecule has 0 aliphatic rings. The molecule has 2 amide bonds. The summed E-state index contributed by atoms with van der Waals surface area (Å²) >= 11 is 0. The molecule has 0 unspecified atom stereocenters. The van der Waals surface area contributed by atoms with Crippen molar-refractivity contribution in [3.8, 4) is 5.75 Å². The van der Waals surface area contributed by atoms with E-state index in [0.29, 0.717) is 22.4 Å². The quantitative estimate of drug-likeness (QED) is 0.267. The van der Waals surface area contributed by atoms with Crippen molar-refractivity contribution in [3.63, 3.8) is 0 Å². The summed E-state index contributed by atoms with van der Waals surface area (Å²) in [5.74, 6) is -1.81. The van der Waals surface area contributed by atoms with Gasteiger partial charge in [0.2, 0.25) is 5.91 Å². The van der Waals surface area contributed by atoms with Crippen LogP contribution in [-0.4, -0.2) is 39.0 Å². The standard InChI is InChI=1S/C27H25N3O5/c1-16-11-19(29-25(32)13-17-5-4-6-20(31)12-17)9-10-21(16)26(33)30-24(27(34)35)14-18-15-28-23-8-3-2-7-22(18)23/h2-12,15,24,28,31H,13-14H2,1H3,(H,29,32)(H,30,33)(H,34,35)/t24-/m0/s1. The maximum absolute atomic E-state index is 12.9. The van der Waals surface area contributed by atoms with Crippen LogP contribution in [0.5, 0.6) is 5.75 Å². The smallest absolute Gasteiger partial charge is 0.326 e. The van der Waals surface area contributed by atoms with E-state index in [1.54, 1.807) is 43.5 Å². The number of benzene rings is 3. The first kappa shape index (κ1) is 23.6. The molecule has 0 spiro atoms. The van der Waals surface area contributed by atoms with Crippen LogP contribution in [-0.2, 0) is 22.4 Å². The highest BCUT2D eigenvalue weighted by Crippen LogP contribution is 2.20. The van der Waals surface area contributed by atoms with Gasteiger partial charge in [0.1, 0.15) is 11.8 Å². The summed E-state index contributed by atoms with van der Waals surface area (Å²) in [7, 11) is 0. The molecule has 35 heavy (non-hydrogen) atoms. The Labute approximate surface area is 201 Å². The van der Waals surface area contributed by atoms with E-state index in [1.807, 2.05) is 24.3 Å². The van der Waals surface area contributed by atoms with Crippen LogP contribution in [0, 0.1) is 6.92 Å². The van der Waals surface area contributed by atoms with Crippen molar-refractivity contribution in [2.24, 2.45) is 0 Å². The molecule has 178 valence electrons. The minimum atomic E-state index is -1.13. The predicted octanol–water partition coefficient (Wildman–Crippen LogP) is 3.79. The molecule has 0 saturated carbocycles. The fraction of sp³-hybridized carbons (Fsp3) is 0.148. The number of aromatic nitrogens is 1. The molecule has 0 bridgehead atoms. The molecule has 3 aromatic carbocycles. The van der Waals surface area contributed by atoms with Gasteiger partial charge in [0.05, 0.1) is 6.42 Å². The van der Waals surface area contributed by atoms with Crippen molar-refractivity contribution in [2.45, 2.75) is 25.8 Å². The summed E-state index contributed by atoms with van der Waals surface area (Å²) in [6.45, 7) is 1.72. The number of rotatable bonds is 8. The van der Waals surface area contributed by atoms with Gasteiger partial charge in [-0.25, -0.2) is 4.79 Å². The van der Waals surface area contributed by atoms with Crippen LogP contribution < -0.4 is 10.6 Å². The number of hydrogen-bond acceptors (Lipinski definition) is 4. The number of anilines is 1. The maximum atomic E-state index is 12.9. The van der Waals surface area contributed by atoms with Crippen LogP contribution in [0.3, 0.4) is 0 Å². The maximum Gasteiger partial charge on any atom is 0.326 e. The van der Waals surface area contributed by atoms with Crippen molar-refractivity contribution in [1.29, 1.82) is 0 Å². The predicted molar refractivity (Wildman–Crippen MR) is 133 cm³/mol. The SMILES string of the molecule is Cc1cc(NC(=O)Cc2cccc(O)c2)ccc1C(=O)N[C@@H](Cc1c[nH]c2ccccc12)C(=O)O. The largest absolute Gasteiger partial charge is 0.508 e. The molecule has 1 atom stereocenters. The molecule has 0 fully saturated rings. The summed E-state index contributed by atoms with van der Waals surface area (Å²) in [4.78, 5) is 40.2. The monoisotopic (exact) mass is 471 g/mol. The van der Waals surface area contributed by atoms with Gasteiger partial charge >= 0.3 is 5.97 Å². The number of fused-ring (bicyclic) bond motifs is 1. The van der Waals surface area contributed by atoms with Gasteiger partial charge in [-0.05, 0) is 60.0 Å². The second-order valence-corrected chi connectivity index (χ2v) is 8.35. The van der Waals surface area contributed by atoms with E-state index < -0.39 is 17.9 Å². The number of phenolic OH excluding ortho intramolecular Hbond substituents is 1. The van der Waals surface area contributed by atoms with Crippen molar-refractivity contribution in [1.82, 2.24) is 10.3 Å². The molecular weight excluding hydrogens is 446 g/mol. The lowest BCUT2D eigenvalue weighted by molar-refractivity contribution is -0.139. The van der Waals surface area contributed by atoms with Crippen LogP contribution in [0.4, 0.5) is 5.69 Å². The number of aromatic hydroxyl groups is 1. The second-order valence-electron chi connectivity index (χ2n) is 8.35. The van der Waals surface area contributed by atoms with Crippen LogP contribution in [0.25, 0.3) is 10.9 Å². The summed E-state index contributed by atoms with van der Waals surface area (Å²) < 4.78 is 0. The number of aryl methyl sites for hydroxylation is 1. The first-order chi connectivity index (χ1) is 16.8. The summed E-state index contributed by atoms with van der Waals surface area (Å²) in [5.41, 5.74) is 3.79. The number of amides is 2. The Balaban J connectivity index is 1.42. The van der Waals surface area contributed by atoms with Gasteiger partial charge in [0.25, 0.3) is 5.91 Å². The highest BCUT2D eigenvalue weighted by atomic mass is 16.4. The zero-order valence-electron chi connectivity index (χ0n) is 19.0. The average molecular weight is 472 g/mol. The van der Waals surface area contributed by atoms with Crippen molar-refractivity contribution in [2.75, 3.05) is 5.32 Å². The third kappa shape index (κ3) is 5.67. The van der Waals surface area contributed by atoms with Gasteiger partial charge in [-0.15, -0.1) is 0 Å². The highest BCUT2D eigenvalue weighted by Gasteiger charge is 2.23. The summed E-state index contributed by atoms with van der Waals surface area (Å²) in [6.07, 6.45) is 1.98. The zero-order valence-corrected chi connectivity index (χ0v) is 19.0. The van der Waals surface area contributed by atoms with E-state index >= 15 is 0 Å². The molecule has 4 aromatic rings. The molecule has 4 rings (SSSR count). The molecule has 0 aliphatic heterocycles. The summed E-state index contributed by atoms with van der Waals surface area (Å²) in [5, 5.41) is 25.5. The van der Waals surface area contributed by atoms with Crippen molar-refractivity contribution in [3.05, 3.63) is 95.2 Å². The van der Waals surface area contributed by atoms with Crippen molar-refractivity contribution < 1.29 is 24.6 Å². The van der Waals surface area contributed by atoms with Gasteiger partial charge in [-0.3, -0.25) is 9.59 Å². The molecular formula is C27H25N3O5. The van der Waals surface area contributed by atoms with E-state index in [1.165, 1.54) is 12.1 Å². The van der Waals surface area contributed by atoms with E-state index in [2.05, 4.69) is 15.6 Å².